The molecule has 0 bridgehead atoms. The SMILES string of the molecule is CCOC(=O)C1(C(=O)OCC)OC(=O)c2c(ccc(OC)c2OC)C1O. The molecule has 0 radical (unpaired) electrons. The lowest BCUT2D eigenvalue weighted by molar-refractivity contribution is -0.199. The highest BCUT2D eigenvalue weighted by atomic mass is 16.6. The fraction of sp³-hybridized carbons (Fsp3) is 0.471. The summed E-state index contributed by atoms with van der Waals surface area (Å²) in [5.41, 5.74) is -2.85. The summed E-state index contributed by atoms with van der Waals surface area (Å²) < 4.78 is 25.1. The summed E-state index contributed by atoms with van der Waals surface area (Å²) in [6.07, 6.45) is -1.85. The average Bonchev–Trinajstić information content (AvgIpc) is 2.63. The van der Waals surface area contributed by atoms with Crippen LogP contribution in [0.1, 0.15) is 35.9 Å². The minimum Gasteiger partial charge on any atom is -0.493 e. The molecule has 1 aromatic rings. The predicted molar refractivity (Wildman–Crippen MR) is 85.9 cm³/mol. The number of esters is 3. The number of methoxy groups -OCH3 is 2. The van der Waals surface area contributed by atoms with E-state index >= 15 is 0 Å². The molecule has 0 spiro atoms. The Bertz CT molecular complexity index is 707. The number of fused-ring (bicyclic) bond motifs is 1. The molecule has 0 aliphatic carbocycles. The fourth-order valence-electron chi connectivity index (χ4n) is 2.72. The number of benzene rings is 1. The highest BCUT2D eigenvalue weighted by Gasteiger charge is 2.63. The number of hydrogen-bond donors (Lipinski definition) is 1. The van der Waals surface area contributed by atoms with Gasteiger partial charge in [-0.2, -0.15) is 0 Å². The lowest BCUT2D eigenvalue weighted by Gasteiger charge is -2.37. The van der Waals surface area contributed by atoms with Crippen LogP contribution >= 0.6 is 0 Å². The third kappa shape index (κ3) is 2.84. The zero-order chi connectivity index (χ0) is 19.5. The van der Waals surface area contributed by atoms with Crippen molar-refractivity contribution in [3.05, 3.63) is 23.3 Å². The van der Waals surface area contributed by atoms with Crippen molar-refractivity contribution in [2.75, 3.05) is 27.4 Å². The third-order valence-corrected chi connectivity index (χ3v) is 3.87. The Morgan fingerprint density at radius 2 is 1.69 bits per heavy atom. The number of aliphatic hydroxyl groups is 1. The summed E-state index contributed by atoms with van der Waals surface area (Å²) >= 11 is 0. The Morgan fingerprint density at radius 3 is 2.15 bits per heavy atom. The van der Waals surface area contributed by atoms with E-state index in [2.05, 4.69) is 0 Å². The Labute approximate surface area is 149 Å². The molecule has 1 aliphatic heterocycles. The Hall–Kier alpha value is -2.81. The molecule has 1 aliphatic rings. The van der Waals surface area contributed by atoms with E-state index < -0.39 is 29.6 Å². The van der Waals surface area contributed by atoms with Crippen LogP contribution in [0.25, 0.3) is 0 Å². The van der Waals surface area contributed by atoms with Crippen LogP contribution in [0.15, 0.2) is 12.1 Å². The molecule has 0 aromatic heterocycles. The summed E-state index contributed by atoms with van der Waals surface area (Å²) in [7, 11) is 2.67. The number of carbonyl (C=O) groups excluding carboxylic acids is 3. The molecule has 1 atom stereocenters. The van der Waals surface area contributed by atoms with Gasteiger partial charge in [-0.25, -0.2) is 14.4 Å². The van der Waals surface area contributed by atoms with Crippen LogP contribution in [-0.4, -0.2) is 56.0 Å². The number of aliphatic hydroxyl groups excluding tert-OH is 1. The number of carbonyl (C=O) groups is 3. The van der Waals surface area contributed by atoms with Crippen LogP contribution < -0.4 is 9.47 Å². The zero-order valence-corrected chi connectivity index (χ0v) is 14.9. The normalized spacial score (nSPS) is 17.6. The van der Waals surface area contributed by atoms with E-state index in [1.54, 1.807) is 0 Å². The van der Waals surface area contributed by atoms with Gasteiger partial charge in [0.05, 0.1) is 27.4 Å². The van der Waals surface area contributed by atoms with Gasteiger partial charge in [0.1, 0.15) is 11.7 Å². The lowest BCUT2D eigenvalue weighted by atomic mass is 9.84. The molecule has 9 heteroatoms. The summed E-state index contributed by atoms with van der Waals surface area (Å²) in [4.78, 5) is 37.6. The Balaban J connectivity index is 2.69. The van der Waals surface area contributed by atoms with E-state index in [-0.39, 0.29) is 35.8 Å². The van der Waals surface area contributed by atoms with Gasteiger partial charge in [0, 0.05) is 5.56 Å². The highest BCUT2D eigenvalue weighted by Crippen LogP contribution is 2.45. The van der Waals surface area contributed by atoms with Crippen LogP contribution in [0.5, 0.6) is 11.5 Å². The number of rotatable bonds is 6. The Morgan fingerprint density at radius 1 is 1.12 bits per heavy atom. The third-order valence-electron chi connectivity index (χ3n) is 3.87. The standard InChI is InChI=1S/C17H20O9/c1-5-24-15(20)17(16(21)25-6-2)13(18)9-7-8-10(22-3)12(23-4)11(9)14(19)26-17/h7-8,13,18H,5-6H2,1-4H3. The number of ether oxygens (including phenoxy) is 5. The first kappa shape index (κ1) is 19.5. The van der Waals surface area contributed by atoms with Crippen molar-refractivity contribution in [3.8, 4) is 11.5 Å². The maximum Gasteiger partial charge on any atom is 0.365 e. The molecule has 0 saturated heterocycles. The van der Waals surface area contributed by atoms with Gasteiger partial charge in [-0.05, 0) is 19.9 Å². The summed E-state index contributed by atoms with van der Waals surface area (Å²) in [6, 6.07) is 2.77. The molecule has 0 amide bonds. The maximum absolute atomic E-state index is 12.6. The molecular weight excluding hydrogens is 348 g/mol. The van der Waals surface area contributed by atoms with Crippen LogP contribution in [0, 0.1) is 0 Å². The lowest BCUT2D eigenvalue weighted by Crippen LogP contribution is -2.58. The van der Waals surface area contributed by atoms with Crippen molar-refractivity contribution in [2.24, 2.45) is 0 Å². The molecule has 1 N–H and O–H groups in total. The first-order chi connectivity index (χ1) is 12.4. The van der Waals surface area contributed by atoms with Crippen molar-refractivity contribution >= 4 is 17.9 Å². The molecule has 26 heavy (non-hydrogen) atoms. The zero-order valence-electron chi connectivity index (χ0n) is 14.9. The van der Waals surface area contributed by atoms with Gasteiger partial charge < -0.3 is 28.8 Å². The molecule has 1 heterocycles. The first-order valence-electron chi connectivity index (χ1n) is 7.89. The van der Waals surface area contributed by atoms with Gasteiger partial charge in [0.2, 0.25) is 0 Å². The van der Waals surface area contributed by atoms with Gasteiger partial charge in [-0.1, -0.05) is 6.07 Å². The van der Waals surface area contributed by atoms with Crippen LogP contribution in [0.4, 0.5) is 0 Å². The molecule has 1 aromatic carbocycles. The van der Waals surface area contributed by atoms with E-state index in [1.807, 2.05) is 0 Å². The average molecular weight is 368 g/mol. The molecule has 142 valence electrons. The fourth-order valence-corrected chi connectivity index (χ4v) is 2.72. The minimum absolute atomic E-state index is 0.00960. The molecule has 2 rings (SSSR count). The van der Waals surface area contributed by atoms with E-state index in [4.69, 9.17) is 23.7 Å². The topological polar surface area (TPSA) is 118 Å². The molecular formula is C17H20O9. The first-order valence-corrected chi connectivity index (χ1v) is 7.89. The molecule has 1 unspecified atom stereocenters. The summed E-state index contributed by atoms with van der Waals surface area (Å²) in [6.45, 7) is 2.83. The van der Waals surface area contributed by atoms with Crippen molar-refractivity contribution < 1.29 is 43.2 Å². The number of cyclic esters (lactones) is 1. The van der Waals surface area contributed by atoms with Gasteiger partial charge in [0.15, 0.2) is 11.5 Å². The minimum atomic E-state index is -2.66. The van der Waals surface area contributed by atoms with E-state index in [1.165, 1.54) is 40.2 Å². The van der Waals surface area contributed by atoms with E-state index in [0.717, 1.165) is 0 Å². The van der Waals surface area contributed by atoms with Gasteiger partial charge in [0.25, 0.3) is 0 Å². The number of hydrogen-bond acceptors (Lipinski definition) is 9. The second-order valence-electron chi connectivity index (χ2n) is 5.23. The second-order valence-corrected chi connectivity index (χ2v) is 5.23. The van der Waals surface area contributed by atoms with Crippen LogP contribution in [-0.2, 0) is 23.8 Å². The van der Waals surface area contributed by atoms with Gasteiger partial charge >= 0.3 is 23.5 Å². The van der Waals surface area contributed by atoms with Gasteiger partial charge in [-0.3, -0.25) is 0 Å². The largest absolute Gasteiger partial charge is 0.493 e. The van der Waals surface area contributed by atoms with Crippen molar-refractivity contribution in [2.45, 2.75) is 25.6 Å². The molecule has 0 saturated carbocycles. The van der Waals surface area contributed by atoms with Crippen LogP contribution in [0.3, 0.4) is 0 Å². The quantitative estimate of drug-likeness (QED) is 0.441. The smallest absolute Gasteiger partial charge is 0.365 e. The maximum atomic E-state index is 12.6. The second kappa shape index (κ2) is 7.61. The monoisotopic (exact) mass is 368 g/mol. The molecule has 9 nitrogen and oxygen atoms in total. The van der Waals surface area contributed by atoms with Crippen molar-refractivity contribution in [3.63, 3.8) is 0 Å². The van der Waals surface area contributed by atoms with E-state index in [9.17, 15) is 19.5 Å². The molecule has 0 fully saturated rings. The predicted octanol–water partition coefficient (Wildman–Crippen LogP) is 0.773. The highest BCUT2D eigenvalue weighted by molar-refractivity contribution is 6.10. The van der Waals surface area contributed by atoms with Gasteiger partial charge in [-0.15, -0.1) is 0 Å². The van der Waals surface area contributed by atoms with Crippen molar-refractivity contribution in [1.82, 2.24) is 0 Å². The van der Waals surface area contributed by atoms with Crippen LogP contribution in [0.2, 0.25) is 0 Å². The summed E-state index contributed by atoms with van der Waals surface area (Å²) in [5.74, 6) is -3.27. The Kier molecular flexibility index (Phi) is 5.71. The van der Waals surface area contributed by atoms with E-state index in [0.29, 0.717) is 0 Å². The van der Waals surface area contributed by atoms with Crippen molar-refractivity contribution in [1.29, 1.82) is 0 Å². The summed E-state index contributed by atoms with van der Waals surface area (Å²) in [5, 5.41) is 10.8.